The second kappa shape index (κ2) is 4.64. The summed E-state index contributed by atoms with van der Waals surface area (Å²) in [5.74, 6) is 0. The van der Waals surface area contributed by atoms with Crippen molar-refractivity contribution in [3.8, 4) is 6.01 Å². The highest BCUT2D eigenvalue weighted by Gasteiger charge is 2.03. The molecule has 0 amide bonds. The van der Waals surface area contributed by atoms with Crippen LogP contribution in [0.25, 0.3) is 0 Å². The molecule has 2 N–H and O–H groups in total. The van der Waals surface area contributed by atoms with E-state index in [1.54, 1.807) is 12.4 Å². The number of ether oxygens (including phenoxy) is 1. The number of nitrogens with zero attached hydrogens (tertiary/aromatic N) is 2. The number of anilines is 1. The maximum Gasteiger partial charge on any atom is 0.316 e. The van der Waals surface area contributed by atoms with Crippen molar-refractivity contribution >= 4 is 5.69 Å². The van der Waals surface area contributed by atoms with Crippen LogP contribution in [0.4, 0.5) is 5.69 Å². The molecule has 1 aromatic heterocycles. The molecule has 0 aliphatic rings. The molecule has 0 saturated heterocycles. The summed E-state index contributed by atoms with van der Waals surface area (Å²) in [6.07, 6.45) is 5.35. The summed E-state index contributed by atoms with van der Waals surface area (Å²) in [6.45, 7) is 4.12. The van der Waals surface area contributed by atoms with E-state index in [0.29, 0.717) is 11.7 Å². The fourth-order valence-corrected chi connectivity index (χ4v) is 1.03. The Balaban J connectivity index is 2.49. The van der Waals surface area contributed by atoms with Crippen molar-refractivity contribution in [2.75, 3.05) is 5.73 Å². The number of nitrogen functional groups attached to an aromatic ring is 1. The van der Waals surface area contributed by atoms with Gasteiger partial charge >= 0.3 is 6.01 Å². The Morgan fingerprint density at radius 2 is 2.08 bits per heavy atom. The van der Waals surface area contributed by atoms with Crippen LogP contribution in [0.3, 0.4) is 0 Å². The molecule has 1 unspecified atom stereocenters. The summed E-state index contributed by atoms with van der Waals surface area (Å²) in [4.78, 5) is 7.88. The zero-order valence-corrected chi connectivity index (χ0v) is 8.03. The number of hydrogen-bond donors (Lipinski definition) is 1. The zero-order chi connectivity index (χ0) is 9.68. The molecule has 4 nitrogen and oxygen atoms in total. The molecule has 0 radical (unpaired) electrons. The van der Waals surface area contributed by atoms with Crippen LogP contribution in [0, 0.1) is 0 Å². The number of aromatic nitrogens is 2. The van der Waals surface area contributed by atoms with Crippen molar-refractivity contribution in [3.63, 3.8) is 0 Å². The minimum atomic E-state index is 0.161. The van der Waals surface area contributed by atoms with Crippen LogP contribution >= 0.6 is 0 Å². The lowest BCUT2D eigenvalue weighted by molar-refractivity contribution is 0.192. The summed E-state index contributed by atoms with van der Waals surface area (Å²) < 4.78 is 5.43. The van der Waals surface area contributed by atoms with E-state index in [4.69, 9.17) is 10.5 Å². The normalized spacial score (nSPS) is 12.5. The molecule has 0 bridgehead atoms. The topological polar surface area (TPSA) is 61.0 Å². The third-order valence-corrected chi connectivity index (χ3v) is 1.65. The number of nitrogens with two attached hydrogens (primary N) is 1. The largest absolute Gasteiger partial charge is 0.460 e. The Bertz CT molecular complexity index is 248. The Kier molecular flexibility index (Phi) is 3.49. The van der Waals surface area contributed by atoms with Gasteiger partial charge in [0.25, 0.3) is 0 Å². The standard InChI is InChI=1S/C9H15N3O/c1-3-4-7(2)13-9-11-5-8(10)6-12-9/h5-7H,3-4,10H2,1-2H3. The first-order valence-corrected chi connectivity index (χ1v) is 4.46. The fourth-order valence-electron chi connectivity index (χ4n) is 1.03. The van der Waals surface area contributed by atoms with Crippen LogP contribution in [0.1, 0.15) is 26.7 Å². The Hall–Kier alpha value is -1.32. The molecule has 1 rings (SSSR count). The molecule has 1 atom stereocenters. The van der Waals surface area contributed by atoms with E-state index in [1.165, 1.54) is 0 Å². The van der Waals surface area contributed by atoms with E-state index in [9.17, 15) is 0 Å². The van der Waals surface area contributed by atoms with Crippen LogP contribution in [0.5, 0.6) is 6.01 Å². The average molecular weight is 181 g/mol. The van der Waals surface area contributed by atoms with Crippen LogP contribution in [-0.4, -0.2) is 16.1 Å². The molecule has 1 heterocycles. The number of rotatable bonds is 4. The molecule has 0 fully saturated rings. The molecule has 72 valence electrons. The van der Waals surface area contributed by atoms with Gasteiger partial charge in [0, 0.05) is 0 Å². The Morgan fingerprint density at radius 3 is 2.62 bits per heavy atom. The summed E-state index contributed by atoms with van der Waals surface area (Å²) in [6, 6.07) is 0.398. The summed E-state index contributed by atoms with van der Waals surface area (Å²) >= 11 is 0. The van der Waals surface area contributed by atoms with Gasteiger partial charge < -0.3 is 10.5 Å². The molecule has 0 saturated carbocycles. The van der Waals surface area contributed by atoms with E-state index in [2.05, 4.69) is 16.9 Å². The predicted molar refractivity (Wildman–Crippen MR) is 51.4 cm³/mol. The third-order valence-electron chi connectivity index (χ3n) is 1.65. The monoisotopic (exact) mass is 181 g/mol. The first kappa shape index (κ1) is 9.77. The van der Waals surface area contributed by atoms with E-state index < -0.39 is 0 Å². The average Bonchev–Trinajstić information content (AvgIpc) is 2.09. The van der Waals surface area contributed by atoms with Gasteiger partial charge in [-0.05, 0) is 13.3 Å². The van der Waals surface area contributed by atoms with Crippen molar-refractivity contribution in [3.05, 3.63) is 12.4 Å². The quantitative estimate of drug-likeness (QED) is 0.766. The molecule has 0 aromatic carbocycles. The van der Waals surface area contributed by atoms with E-state index in [0.717, 1.165) is 12.8 Å². The molecule has 1 aromatic rings. The van der Waals surface area contributed by atoms with E-state index in [-0.39, 0.29) is 6.10 Å². The van der Waals surface area contributed by atoms with Crippen LogP contribution < -0.4 is 10.5 Å². The van der Waals surface area contributed by atoms with Gasteiger partial charge in [-0.2, -0.15) is 0 Å². The van der Waals surface area contributed by atoms with Gasteiger partial charge in [0.15, 0.2) is 0 Å². The Labute approximate surface area is 78.1 Å². The van der Waals surface area contributed by atoms with Crippen LogP contribution in [0.2, 0.25) is 0 Å². The first-order valence-electron chi connectivity index (χ1n) is 4.46. The van der Waals surface area contributed by atoms with Crippen LogP contribution in [0.15, 0.2) is 12.4 Å². The van der Waals surface area contributed by atoms with Gasteiger partial charge in [-0.1, -0.05) is 13.3 Å². The van der Waals surface area contributed by atoms with Crippen molar-refractivity contribution in [2.45, 2.75) is 32.8 Å². The lowest BCUT2D eigenvalue weighted by Crippen LogP contribution is -2.12. The molecule has 0 spiro atoms. The molecule has 0 aliphatic carbocycles. The van der Waals surface area contributed by atoms with Gasteiger partial charge in [0.2, 0.25) is 0 Å². The van der Waals surface area contributed by atoms with Gasteiger partial charge in [-0.25, -0.2) is 9.97 Å². The van der Waals surface area contributed by atoms with Gasteiger partial charge in [-0.3, -0.25) is 0 Å². The summed E-state index contributed by atoms with van der Waals surface area (Å²) in [5.41, 5.74) is 5.99. The SMILES string of the molecule is CCCC(C)Oc1ncc(N)cn1. The molecule has 13 heavy (non-hydrogen) atoms. The van der Waals surface area contributed by atoms with Gasteiger partial charge in [0.05, 0.1) is 24.2 Å². The molecular formula is C9H15N3O. The molecule has 4 heteroatoms. The minimum absolute atomic E-state index is 0.161. The Morgan fingerprint density at radius 1 is 1.46 bits per heavy atom. The fraction of sp³-hybridized carbons (Fsp3) is 0.556. The highest BCUT2D eigenvalue weighted by molar-refractivity contribution is 5.30. The molecular weight excluding hydrogens is 166 g/mol. The maximum absolute atomic E-state index is 5.44. The van der Waals surface area contributed by atoms with Crippen molar-refractivity contribution in [1.82, 2.24) is 9.97 Å². The predicted octanol–water partition coefficient (Wildman–Crippen LogP) is 1.63. The second-order valence-corrected chi connectivity index (χ2v) is 3.02. The van der Waals surface area contributed by atoms with Crippen molar-refractivity contribution in [2.24, 2.45) is 0 Å². The van der Waals surface area contributed by atoms with E-state index in [1.807, 2.05) is 6.92 Å². The third kappa shape index (κ3) is 3.27. The lowest BCUT2D eigenvalue weighted by Gasteiger charge is -2.11. The zero-order valence-electron chi connectivity index (χ0n) is 8.03. The first-order chi connectivity index (χ1) is 6.22. The lowest BCUT2D eigenvalue weighted by atomic mass is 10.2. The van der Waals surface area contributed by atoms with Crippen molar-refractivity contribution in [1.29, 1.82) is 0 Å². The van der Waals surface area contributed by atoms with Gasteiger partial charge in [-0.15, -0.1) is 0 Å². The van der Waals surface area contributed by atoms with Crippen molar-refractivity contribution < 1.29 is 4.74 Å². The smallest absolute Gasteiger partial charge is 0.316 e. The highest BCUT2D eigenvalue weighted by atomic mass is 16.5. The highest BCUT2D eigenvalue weighted by Crippen LogP contribution is 2.08. The maximum atomic E-state index is 5.44. The van der Waals surface area contributed by atoms with Gasteiger partial charge in [0.1, 0.15) is 0 Å². The van der Waals surface area contributed by atoms with Crippen LogP contribution in [-0.2, 0) is 0 Å². The second-order valence-electron chi connectivity index (χ2n) is 3.02. The summed E-state index contributed by atoms with van der Waals surface area (Å²) in [7, 11) is 0. The minimum Gasteiger partial charge on any atom is -0.460 e. The number of hydrogen-bond acceptors (Lipinski definition) is 4. The summed E-state index contributed by atoms with van der Waals surface area (Å²) in [5, 5.41) is 0. The van der Waals surface area contributed by atoms with E-state index >= 15 is 0 Å². The molecule has 0 aliphatic heterocycles.